The van der Waals surface area contributed by atoms with Gasteiger partial charge < -0.3 is 5.32 Å². The maximum absolute atomic E-state index is 13.1. The number of aromatic nitrogens is 1. The second-order valence-electron chi connectivity index (χ2n) is 4.92. The Bertz CT molecular complexity index is 671. The van der Waals surface area contributed by atoms with Gasteiger partial charge in [-0.05, 0) is 18.6 Å². The lowest BCUT2D eigenvalue weighted by atomic mass is 10.2. The number of carbonyl (C=O) groups is 1. The summed E-state index contributed by atoms with van der Waals surface area (Å²) in [6, 6.07) is 4.91. The Morgan fingerprint density at radius 3 is 3.00 bits per heavy atom. The molecule has 1 saturated heterocycles. The van der Waals surface area contributed by atoms with E-state index in [2.05, 4.69) is 15.6 Å². The van der Waals surface area contributed by atoms with Crippen LogP contribution in [-0.2, 0) is 4.79 Å². The molecule has 0 radical (unpaired) electrons. The molecule has 1 aromatic carbocycles. The van der Waals surface area contributed by atoms with Gasteiger partial charge in [0, 0.05) is 6.42 Å². The number of carbonyl (C=O) groups excluding carboxylic acids is 1. The second-order valence-corrected chi connectivity index (χ2v) is 5.95. The lowest BCUT2D eigenvalue weighted by molar-refractivity contribution is -0.118. The first kappa shape index (κ1) is 13.4. The number of anilines is 1. The number of hydrogen-bond acceptors (Lipinski definition) is 4. The fraction of sp³-hybridized carbons (Fsp3) is 0.385. The van der Waals surface area contributed by atoms with Crippen molar-refractivity contribution in [2.24, 2.45) is 0 Å². The molecule has 0 bridgehead atoms. The zero-order chi connectivity index (χ0) is 14.3. The van der Waals surface area contributed by atoms with Gasteiger partial charge in [0.15, 0.2) is 5.13 Å². The Morgan fingerprint density at radius 2 is 2.35 bits per heavy atom. The molecule has 3 rings (SSSR count). The van der Waals surface area contributed by atoms with Crippen LogP contribution >= 0.6 is 11.3 Å². The van der Waals surface area contributed by atoms with Crippen molar-refractivity contribution in [3.8, 4) is 0 Å². The van der Waals surface area contributed by atoms with E-state index in [1.807, 2.05) is 25.1 Å². The van der Waals surface area contributed by atoms with Crippen molar-refractivity contribution in [2.75, 3.05) is 11.9 Å². The lowest BCUT2D eigenvalue weighted by Crippen LogP contribution is -2.35. The van der Waals surface area contributed by atoms with Gasteiger partial charge in [-0.1, -0.05) is 23.5 Å². The van der Waals surface area contributed by atoms with E-state index in [1.54, 1.807) is 0 Å². The average molecular weight is 297 g/mol. The van der Waals surface area contributed by atoms with Crippen LogP contribution in [0.4, 0.5) is 13.9 Å². The van der Waals surface area contributed by atoms with Crippen molar-refractivity contribution in [1.82, 2.24) is 10.3 Å². The Balaban J connectivity index is 1.76. The van der Waals surface area contributed by atoms with Crippen LogP contribution in [0.2, 0.25) is 0 Å². The van der Waals surface area contributed by atoms with Gasteiger partial charge in [-0.2, -0.15) is 0 Å². The summed E-state index contributed by atoms with van der Waals surface area (Å²) in [5.41, 5.74) is 1.85. The molecule has 20 heavy (non-hydrogen) atoms. The van der Waals surface area contributed by atoms with Crippen molar-refractivity contribution >= 4 is 32.6 Å². The SMILES string of the molecule is Cc1cccc2sc(NC(=O)C3CC(F)(F)CN3)nc12. The van der Waals surface area contributed by atoms with Crippen LogP contribution in [0.25, 0.3) is 10.2 Å². The number of para-hydroxylation sites is 1. The predicted molar refractivity (Wildman–Crippen MR) is 74.3 cm³/mol. The predicted octanol–water partition coefficient (Wildman–Crippen LogP) is 2.54. The van der Waals surface area contributed by atoms with Crippen molar-refractivity contribution in [2.45, 2.75) is 25.3 Å². The maximum Gasteiger partial charge on any atom is 0.262 e. The summed E-state index contributed by atoms with van der Waals surface area (Å²) >= 11 is 1.34. The minimum atomic E-state index is -2.81. The Labute approximate surface area is 118 Å². The van der Waals surface area contributed by atoms with Gasteiger partial charge in [0.1, 0.15) is 0 Å². The van der Waals surface area contributed by atoms with Gasteiger partial charge in [-0.3, -0.25) is 10.1 Å². The summed E-state index contributed by atoms with van der Waals surface area (Å²) < 4.78 is 27.1. The van der Waals surface area contributed by atoms with E-state index in [0.29, 0.717) is 5.13 Å². The van der Waals surface area contributed by atoms with Crippen molar-refractivity contribution in [3.63, 3.8) is 0 Å². The first-order valence-corrected chi connectivity index (χ1v) is 7.04. The number of fused-ring (bicyclic) bond motifs is 1. The van der Waals surface area contributed by atoms with Crippen LogP contribution in [0.15, 0.2) is 18.2 Å². The third kappa shape index (κ3) is 2.51. The molecule has 1 amide bonds. The van der Waals surface area contributed by atoms with E-state index in [9.17, 15) is 13.6 Å². The zero-order valence-corrected chi connectivity index (χ0v) is 11.6. The number of benzene rings is 1. The van der Waals surface area contributed by atoms with Gasteiger partial charge in [0.25, 0.3) is 5.92 Å². The minimum Gasteiger partial charge on any atom is -0.301 e. The molecular weight excluding hydrogens is 284 g/mol. The number of thiazole rings is 1. The molecule has 1 atom stereocenters. The quantitative estimate of drug-likeness (QED) is 0.895. The molecule has 4 nitrogen and oxygen atoms in total. The van der Waals surface area contributed by atoms with E-state index in [-0.39, 0.29) is 0 Å². The fourth-order valence-corrected chi connectivity index (χ4v) is 3.18. The normalized spacial score (nSPS) is 21.2. The van der Waals surface area contributed by atoms with E-state index in [1.165, 1.54) is 11.3 Å². The number of hydrogen-bond donors (Lipinski definition) is 2. The number of alkyl halides is 2. The van der Waals surface area contributed by atoms with Crippen LogP contribution in [0.3, 0.4) is 0 Å². The van der Waals surface area contributed by atoms with Crippen molar-refractivity contribution in [1.29, 1.82) is 0 Å². The number of halogens is 2. The number of rotatable bonds is 2. The first-order valence-electron chi connectivity index (χ1n) is 6.23. The fourth-order valence-electron chi connectivity index (χ4n) is 2.23. The van der Waals surface area contributed by atoms with E-state index >= 15 is 0 Å². The summed E-state index contributed by atoms with van der Waals surface area (Å²) in [7, 11) is 0. The smallest absolute Gasteiger partial charge is 0.262 e. The largest absolute Gasteiger partial charge is 0.301 e. The molecule has 1 unspecified atom stereocenters. The molecule has 1 aromatic heterocycles. The van der Waals surface area contributed by atoms with Gasteiger partial charge in [-0.25, -0.2) is 13.8 Å². The molecule has 1 aliphatic rings. The molecule has 7 heteroatoms. The van der Waals surface area contributed by atoms with Gasteiger partial charge in [-0.15, -0.1) is 0 Å². The molecule has 106 valence electrons. The maximum atomic E-state index is 13.1. The number of aryl methyl sites for hydroxylation is 1. The topological polar surface area (TPSA) is 54.0 Å². The van der Waals surface area contributed by atoms with Crippen LogP contribution in [-0.4, -0.2) is 29.4 Å². The van der Waals surface area contributed by atoms with Crippen LogP contribution in [0.5, 0.6) is 0 Å². The van der Waals surface area contributed by atoms with Crippen molar-refractivity contribution in [3.05, 3.63) is 23.8 Å². The Hall–Kier alpha value is -1.60. The van der Waals surface area contributed by atoms with E-state index in [0.717, 1.165) is 15.8 Å². The third-order valence-electron chi connectivity index (χ3n) is 3.28. The molecule has 2 aromatic rings. The summed E-state index contributed by atoms with van der Waals surface area (Å²) in [6.07, 6.45) is -0.469. The van der Waals surface area contributed by atoms with Crippen LogP contribution in [0, 0.1) is 6.92 Å². The summed E-state index contributed by atoms with van der Waals surface area (Å²) in [6.45, 7) is 1.48. The molecule has 0 saturated carbocycles. The molecule has 0 aliphatic carbocycles. The monoisotopic (exact) mass is 297 g/mol. The summed E-state index contributed by atoms with van der Waals surface area (Å²) in [5, 5.41) is 5.58. The minimum absolute atomic E-state index is 0.441. The Kier molecular flexibility index (Phi) is 3.18. The molecule has 2 heterocycles. The summed E-state index contributed by atoms with van der Waals surface area (Å²) in [4.78, 5) is 16.3. The zero-order valence-electron chi connectivity index (χ0n) is 10.7. The van der Waals surface area contributed by atoms with Gasteiger partial charge in [0.05, 0.1) is 22.8 Å². The van der Waals surface area contributed by atoms with Crippen LogP contribution < -0.4 is 10.6 Å². The number of nitrogens with zero attached hydrogens (tertiary/aromatic N) is 1. The van der Waals surface area contributed by atoms with E-state index in [4.69, 9.17) is 0 Å². The Morgan fingerprint density at radius 1 is 1.55 bits per heavy atom. The average Bonchev–Trinajstić information content (AvgIpc) is 2.93. The highest BCUT2D eigenvalue weighted by Gasteiger charge is 2.42. The standard InChI is InChI=1S/C13H13F2N3OS/c1-7-3-2-4-9-10(7)17-12(20-9)18-11(19)8-5-13(14,15)6-16-8/h2-4,8,16H,5-6H2,1H3,(H,17,18,19). The molecule has 1 fully saturated rings. The number of amides is 1. The molecule has 0 spiro atoms. The first-order chi connectivity index (χ1) is 9.44. The lowest BCUT2D eigenvalue weighted by Gasteiger charge is -2.08. The third-order valence-corrected chi connectivity index (χ3v) is 4.21. The second kappa shape index (κ2) is 4.75. The van der Waals surface area contributed by atoms with Gasteiger partial charge in [0.2, 0.25) is 5.91 Å². The number of nitrogens with one attached hydrogen (secondary N) is 2. The van der Waals surface area contributed by atoms with Crippen LogP contribution in [0.1, 0.15) is 12.0 Å². The summed E-state index contributed by atoms with van der Waals surface area (Å²) in [5.74, 6) is -3.27. The van der Waals surface area contributed by atoms with E-state index < -0.39 is 30.8 Å². The molecular formula is C13H13F2N3OS. The highest BCUT2D eigenvalue weighted by Crippen LogP contribution is 2.29. The molecule has 2 N–H and O–H groups in total. The molecule has 1 aliphatic heterocycles. The van der Waals surface area contributed by atoms with Gasteiger partial charge >= 0.3 is 0 Å². The van der Waals surface area contributed by atoms with Crippen molar-refractivity contribution < 1.29 is 13.6 Å². The highest BCUT2D eigenvalue weighted by molar-refractivity contribution is 7.22. The highest BCUT2D eigenvalue weighted by atomic mass is 32.1.